The second-order valence-corrected chi connectivity index (χ2v) is 4.43. The highest BCUT2D eigenvalue weighted by molar-refractivity contribution is 5.87. The van der Waals surface area contributed by atoms with Crippen LogP contribution in [0.4, 0.5) is 0 Å². The van der Waals surface area contributed by atoms with Crippen molar-refractivity contribution in [3.63, 3.8) is 0 Å². The van der Waals surface area contributed by atoms with Crippen molar-refractivity contribution >= 4 is 5.91 Å². The monoisotopic (exact) mass is 207 g/mol. The van der Waals surface area contributed by atoms with Crippen LogP contribution < -0.4 is 0 Å². The van der Waals surface area contributed by atoms with Crippen molar-refractivity contribution in [3.8, 4) is 0 Å². The van der Waals surface area contributed by atoms with Crippen molar-refractivity contribution in [2.24, 2.45) is 0 Å². The lowest BCUT2D eigenvalue weighted by Gasteiger charge is -2.14. The maximum atomic E-state index is 11.6. The molecule has 15 heavy (non-hydrogen) atoms. The Morgan fingerprint density at radius 1 is 1.60 bits per heavy atom. The summed E-state index contributed by atoms with van der Waals surface area (Å²) in [5.41, 5.74) is 0. The lowest BCUT2D eigenvalue weighted by atomic mass is 10.4. The van der Waals surface area contributed by atoms with Crippen LogP contribution in [-0.2, 0) is 4.79 Å². The van der Waals surface area contributed by atoms with E-state index in [0.717, 1.165) is 32.1 Å². The van der Waals surface area contributed by atoms with E-state index in [1.54, 1.807) is 6.08 Å². The van der Waals surface area contributed by atoms with Gasteiger partial charge in [-0.3, -0.25) is 9.69 Å². The van der Waals surface area contributed by atoms with Gasteiger partial charge in [0.2, 0.25) is 5.91 Å². The van der Waals surface area contributed by atoms with Gasteiger partial charge < -0.3 is 4.90 Å². The predicted molar refractivity (Wildman–Crippen MR) is 60.3 cm³/mol. The van der Waals surface area contributed by atoms with Crippen LogP contribution in [0.1, 0.15) is 19.3 Å². The van der Waals surface area contributed by atoms with E-state index in [9.17, 15) is 4.79 Å². The number of carbonyl (C=O) groups excluding carboxylic acids is 1. The van der Waals surface area contributed by atoms with Gasteiger partial charge in [-0.05, 0) is 32.7 Å². The van der Waals surface area contributed by atoms with Crippen LogP contribution in [-0.4, -0.2) is 48.4 Å². The van der Waals surface area contributed by atoms with Gasteiger partial charge in [-0.1, -0.05) is 6.08 Å². The third kappa shape index (κ3) is 3.06. The van der Waals surface area contributed by atoms with Gasteiger partial charge in [0.05, 0.1) is 0 Å². The van der Waals surface area contributed by atoms with Gasteiger partial charge in [0.15, 0.2) is 0 Å². The Morgan fingerprint density at radius 2 is 2.40 bits per heavy atom. The van der Waals surface area contributed by atoms with Crippen LogP contribution >= 0.6 is 0 Å². The van der Waals surface area contributed by atoms with Crippen molar-refractivity contribution in [2.45, 2.75) is 25.3 Å². The lowest BCUT2D eigenvalue weighted by molar-refractivity contribution is -0.124. The maximum absolute atomic E-state index is 11.6. The molecule has 0 atom stereocenters. The van der Waals surface area contributed by atoms with E-state index in [1.807, 2.05) is 11.0 Å². The van der Waals surface area contributed by atoms with E-state index in [-0.39, 0.29) is 5.91 Å². The standard InChI is InChI=1S/C12H19N2O/c1-13(11-6-7-11)8-4-5-12(15)14-9-2-3-10-14/h2,4-5,11H,3,6-10H2,1H3/b5-4+. The Morgan fingerprint density at radius 3 is 3.00 bits per heavy atom. The van der Waals surface area contributed by atoms with Crippen LogP contribution in [0.2, 0.25) is 0 Å². The SMILES string of the molecule is CN(C/C=C/C(=O)N1C[CH]CC1)C1CC1. The lowest BCUT2D eigenvalue weighted by Crippen LogP contribution is -2.26. The van der Waals surface area contributed by atoms with Gasteiger partial charge in [0.25, 0.3) is 0 Å². The van der Waals surface area contributed by atoms with E-state index in [0.29, 0.717) is 0 Å². The molecule has 0 unspecified atom stereocenters. The highest BCUT2D eigenvalue weighted by Gasteiger charge is 2.25. The summed E-state index contributed by atoms with van der Waals surface area (Å²) >= 11 is 0. The second kappa shape index (κ2) is 4.79. The fourth-order valence-electron chi connectivity index (χ4n) is 1.88. The van der Waals surface area contributed by atoms with Gasteiger partial charge >= 0.3 is 0 Å². The summed E-state index contributed by atoms with van der Waals surface area (Å²) in [5.74, 6) is 0.160. The molecule has 0 N–H and O–H groups in total. The first-order chi connectivity index (χ1) is 7.27. The highest BCUT2D eigenvalue weighted by atomic mass is 16.2. The minimum Gasteiger partial charge on any atom is -0.339 e. The molecule has 0 bridgehead atoms. The second-order valence-electron chi connectivity index (χ2n) is 4.43. The van der Waals surface area contributed by atoms with Crippen molar-refractivity contribution < 1.29 is 4.79 Å². The summed E-state index contributed by atoms with van der Waals surface area (Å²) in [6.45, 7) is 2.61. The van der Waals surface area contributed by atoms with Crippen LogP contribution in [0.25, 0.3) is 0 Å². The molecular formula is C12H19N2O. The van der Waals surface area contributed by atoms with Crippen molar-refractivity contribution in [1.29, 1.82) is 0 Å². The summed E-state index contributed by atoms with van der Waals surface area (Å²) in [7, 11) is 2.12. The number of rotatable bonds is 4. The molecule has 0 aromatic carbocycles. The molecule has 2 fully saturated rings. The number of carbonyl (C=O) groups is 1. The number of amides is 1. The van der Waals surface area contributed by atoms with Gasteiger partial charge in [0.1, 0.15) is 0 Å². The third-order valence-electron chi connectivity index (χ3n) is 3.09. The number of likely N-dealkylation sites (tertiary alicyclic amines) is 1. The van der Waals surface area contributed by atoms with Crippen LogP contribution in [0, 0.1) is 6.42 Å². The molecular weight excluding hydrogens is 188 g/mol. The average molecular weight is 207 g/mol. The fraction of sp³-hybridized carbons (Fsp3) is 0.667. The highest BCUT2D eigenvalue weighted by Crippen LogP contribution is 2.24. The van der Waals surface area contributed by atoms with E-state index < -0.39 is 0 Å². The number of hydrogen-bond donors (Lipinski definition) is 0. The minimum absolute atomic E-state index is 0.160. The smallest absolute Gasteiger partial charge is 0.246 e. The first-order valence-corrected chi connectivity index (χ1v) is 5.75. The molecule has 1 radical (unpaired) electrons. The van der Waals surface area contributed by atoms with Gasteiger partial charge in [-0.2, -0.15) is 0 Å². The fourth-order valence-corrected chi connectivity index (χ4v) is 1.88. The van der Waals surface area contributed by atoms with E-state index in [2.05, 4.69) is 18.4 Å². The minimum atomic E-state index is 0.160. The molecule has 2 rings (SSSR count). The van der Waals surface area contributed by atoms with Crippen LogP contribution in [0.3, 0.4) is 0 Å². The zero-order valence-corrected chi connectivity index (χ0v) is 9.35. The Hall–Kier alpha value is -0.830. The van der Waals surface area contributed by atoms with Gasteiger partial charge in [-0.25, -0.2) is 0 Å². The molecule has 83 valence electrons. The van der Waals surface area contributed by atoms with E-state index >= 15 is 0 Å². The van der Waals surface area contributed by atoms with Crippen LogP contribution in [0.5, 0.6) is 0 Å². The Bertz CT molecular complexity index is 252. The number of hydrogen-bond acceptors (Lipinski definition) is 2. The normalized spacial score (nSPS) is 21.9. The van der Waals surface area contributed by atoms with Gasteiger partial charge in [-0.15, -0.1) is 0 Å². The van der Waals surface area contributed by atoms with Crippen molar-refractivity contribution in [2.75, 3.05) is 26.7 Å². The first-order valence-electron chi connectivity index (χ1n) is 5.75. The molecule has 1 heterocycles. The molecule has 1 aliphatic carbocycles. The molecule has 2 aliphatic rings. The summed E-state index contributed by atoms with van der Waals surface area (Å²) in [6.07, 6.45) is 9.54. The Balaban J connectivity index is 1.70. The molecule has 0 aromatic heterocycles. The Labute approximate surface area is 91.7 Å². The van der Waals surface area contributed by atoms with Crippen LogP contribution in [0.15, 0.2) is 12.2 Å². The van der Waals surface area contributed by atoms with Gasteiger partial charge in [0, 0.05) is 31.8 Å². The molecule has 1 amide bonds. The first kappa shape index (κ1) is 10.7. The number of nitrogens with zero attached hydrogens (tertiary/aromatic N) is 2. The summed E-state index contributed by atoms with van der Waals surface area (Å²) < 4.78 is 0. The zero-order valence-electron chi connectivity index (χ0n) is 9.35. The molecule has 3 nitrogen and oxygen atoms in total. The Kier molecular flexibility index (Phi) is 3.41. The van der Waals surface area contributed by atoms with E-state index in [1.165, 1.54) is 12.8 Å². The number of likely N-dealkylation sites (N-methyl/N-ethyl adjacent to an activating group) is 1. The van der Waals surface area contributed by atoms with Crippen molar-refractivity contribution in [3.05, 3.63) is 18.6 Å². The molecule has 0 aromatic rings. The summed E-state index contributed by atoms with van der Waals surface area (Å²) in [6, 6.07) is 0.768. The average Bonchev–Trinajstić information content (AvgIpc) is 2.93. The molecule has 1 aliphatic heterocycles. The third-order valence-corrected chi connectivity index (χ3v) is 3.09. The molecule has 3 heteroatoms. The quantitative estimate of drug-likeness (QED) is 0.644. The topological polar surface area (TPSA) is 23.6 Å². The molecule has 1 saturated carbocycles. The molecule has 1 saturated heterocycles. The van der Waals surface area contributed by atoms with E-state index in [4.69, 9.17) is 0 Å². The molecule has 0 spiro atoms. The maximum Gasteiger partial charge on any atom is 0.246 e. The summed E-state index contributed by atoms with van der Waals surface area (Å²) in [4.78, 5) is 15.8. The van der Waals surface area contributed by atoms with Crippen molar-refractivity contribution in [1.82, 2.24) is 9.80 Å². The predicted octanol–water partition coefficient (Wildman–Crippen LogP) is 1.07. The largest absolute Gasteiger partial charge is 0.339 e. The zero-order chi connectivity index (χ0) is 10.7. The summed E-state index contributed by atoms with van der Waals surface area (Å²) in [5, 5.41) is 0.